The van der Waals surface area contributed by atoms with Crippen LogP contribution in [0.25, 0.3) is 0 Å². The molecule has 2 fully saturated rings. The molecule has 1 aliphatic carbocycles. The molecule has 1 saturated heterocycles. The topological polar surface area (TPSA) is 55.1 Å². The smallest absolute Gasteiger partial charge is 0.217 e. The van der Waals surface area contributed by atoms with Crippen LogP contribution in [0.3, 0.4) is 0 Å². The van der Waals surface area contributed by atoms with Crippen LogP contribution in [0, 0.1) is 0 Å². The van der Waals surface area contributed by atoms with Crippen molar-refractivity contribution in [3.63, 3.8) is 0 Å². The molecule has 1 aliphatic heterocycles. The predicted octanol–water partition coefficient (Wildman–Crippen LogP) is 4.51. The van der Waals surface area contributed by atoms with E-state index in [9.17, 15) is 0 Å². The van der Waals surface area contributed by atoms with Crippen LogP contribution in [0.1, 0.15) is 68.5 Å². The van der Waals surface area contributed by atoms with Crippen molar-refractivity contribution in [3.05, 3.63) is 35.4 Å². The first-order chi connectivity index (χ1) is 11.3. The van der Waals surface area contributed by atoms with Crippen LogP contribution in [0.15, 0.2) is 23.1 Å². The van der Waals surface area contributed by atoms with E-state index in [0.717, 1.165) is 36.8 Å². The van der Waals surface area contributed by atoms with E-state index in [1.54, 1.807) is 12.4 Å². The van der Waals surface area contributed by atoms with E-state index >= 15 is 0 Å². The molecule has 2 aromatic heterocycles. The minimum absolute atomic E-state index is 0.139. The molecule has 1 saturated carbocycles. The van der Waals surface area contributed by atoms with Gasteiger partial charge in [0.2, 0.25) is 5.89 Å². The highest BCUT2D eigenvalue weighted by Gasteiger charge is 2.32. The quantitative estimate of drug-likeness (QED) is 0.827. The highest BCUT2D eigenvalue weighted by molar-refractivity contribution is 6.29. The molecule has 0 aromatic carbocycles. The Morgan fingerprint density at radius 3 is 2.74 bits per heavy atom. The molecule has 0 radical (unpaired) electrons. The Labute approximate surface area is 141 Å². The van der Waals surface area contributed by atoms with E-state index in [2.05, 4.69) is 14.9 Å². The Kier molecular flexibility index (Phi) is 4.21. The van der Waals surface area contributed by atoms with Gasteiger partial charge in [0.05, 0.1) is 18.1 Å². The van der Waals surface area contributed by atoms with Gasteiger partial charge in [-0.25, -0.2) is 9.97 Å². The molecule has 0 amide bonds. The second-order valence-corrected chi connectivity index (χ2v) is 6.88. The SMILES string of the molecule is Clc1cncc(N2CCCC2c2nc(C3CCCCC3)co2)n1. The van der Waals surface area contributed by atoms with Gasteiger partial charge in [-0.3, -0.25) is 4.98 Å². The highest BCUT2D eigenvalue weighted by Crippen LogP contribution is 2.37. The van der Waals surface area contributed by atoms with Crippen molar-refractivity contribution in [1.29, 1.82) is 0 Å². The number of aromatic nitrogens is 3. The average molecular weight is 333 g/mol. The number of oxazole rings is 1. The molecule has 4 rings (SSSR count). The Bertz CT molecular complexity index is 668. The fraction of sp³-hybridized carbons (Fsp3) is 0.588. The van der Waals surface area contributed by atoms with Crippen molar-refractivity contribution < 1.29 is 4.42 Å². The van der Waals surface area contributed by atoms with Crippen molar-refractivity contribution in [2.45, 2.75) is 56.9 Å². The summed E-state index contributed by atoms with van der Waals surface area (Å²) in [6.45, 7) is 0.931. The van der Waals surface area contributed by atoms with Crippen LogP contribution in [-0.4, -0.2) is 21.5 Å². The Hall–Kier alpha value is -1.62. The van der Waals surface area contributed by atoms with Crippen molar-refractivity contribution in [2.75, 3.05) is 11.4 Å². The van der Waals surface area contributed by atoms with E-state index < -0.39 is 0 Å². The van der Waals surface area contributed by atoms with E-state index in [1.165, 1.54) is 32.1 Å². The van der Waals surface area contributed by atoms with Crippen molar-refractivity contribution in [2.24, 2.45) is 0 Å². The number of nitrogens with zero attached hydrogens (tertiary/aromatic N) is 4. The van der Waals surface area contributed by atoms with Crippen LogP contribution >= 0.6 is 11.6 Å². The van der Waals surface area contributed by atoms with Crippen molar-refractivity contribution >= 4 is 17.4 Å². The van der Waals surface area contributed by atoms with Crippen LogP contribution in [0.5, 0.6) is 0 Å². The molecular formula is C17H21ClN4O. The standard InChI is InChI=1S/C17H21ClN4O/c18-15-9-19-10-16(21-15)22-8-4-7-14(22)17-20-13(11-23-17)12-5-2-1-3-6-12/h9-12,14H,1-8H2. The molecule has 0 bridgehead atoms. The largest absolute Gasteiger partial charge is 0.446 e. The summed E-state index contributed by atoms with van der Waals surface area (Å²) < 4.78 is 5.85. The second-order valence-electron chi connectivity index (χ2n) is 6.50. The Balaban J connectivity index is 1.56. The zero-order chi connectivity index (χ0) is 15.6. The van der Waals surface area contributed by atoms with Gasteiger partial charge in [-0.2, -0.15) is 0 Å². The molecule has 122 valence electrons. The lowest BCUT2D eigenvalue weighted by molar-refractivity contribution is 0.433. The lowest BCUT2D eigenvalue weighted by Crippen LogP contribution is -2.24. The third-order valence-electron chi connectivity index (χ3n) is 4.99. The fourth-order valence-corrected chi connectivity index (χ4v) is 3.95. The maximum absolute atomic E-state index is 5.98. The van der Waals surface area contributed by atoms with Gasteiger partial charge >= 0.3 is 0 Å². The Morgan fingerprint density at radius 1 is 1.04 bits per heavy atom. The predicted molar refractivity (Wildman–Crippen MR) is 88.7 cm³/mol. The summed E-state index contributed by atoms with van der Waals surface area (Å²) in [5, 5.41) is 0.420. The fourth-order valence-electron chi connectivity index (χ4n) is 3.81. The number of hydrogen-bond donors (Lipinski definition) is 0. The summed E-state index contributed by atoms with van der Waals surface area (Å²) in [5.74, 6) is 2.18. The van der Waals surface area contributed by atoms with Gasteiger partial charge in [-0.15, -0.1) is 0 Å². The Morgan fingerprint density at radius 2 is 1.91 bits per heavy atom. The van der Waals surface area contributed by atoms with Gasteiger partial charge in [0.1, 0.15) is 23.3 Å². The first kappa shape index (κ1) is 14.9. The van der Waals surface area contributed by atoms with Gasteiger partial charge in [-0.05, 0) is 25.7 Å². The number of halogens is 1. The molecule has 0 N–H and O–H groups in total. The maximum Gasteiger partial charge on any atom is 0.217 e. The van der Waals surface area contributed by atoms with Gasteiger partial charge in [0, 0.05) is 12.5 Å². The van der Waals surface area contributed by atoms with Crippen LogP contribution < -0.4 is 4.90 Å². The van der Waals surface area contributed by atoms with Crippen molar-refractivity contribution in [1.82, 2.24) is 15.0 Å². The summed E-state index contributed by atoms with van der Waals surface area (Å²) in [7, 11) is 0. The molecule has 1 atom stereocenters. The van der Waals surface area contributed by atoms with E-state index in [-0.39, 0.29) is 6.04 Å². The van der Waals surface area contributed by atoms with Crippen LogP contribution in [0.4, 0.5) is 5.82 Å². The van der Waals surface area contributed by atoms with E-state index in [1.807, 2.05) is 6.26 Å². The number of hydrogen-bond acceptors (Lipinski definition) is 5. The molecule has 2 aliphatic rings. The second kappa shape index (κ2) is 6.48. The van der Waals surface area contributed by atoms with E-state index in [4.69, 9.17) is 21.0 Å². The molecule has 6 heteroatoms. The minimum atomic E-state index is 0.139. The lowest BCUT2D eigenvalue weighted by Gasteiger charge is -2.23. The third kappa shape index (κ3) is 3.07. The van der Waals surface area contributed by atoms with Crippen LogP contribution in [-0.2, 0) is 0 Å². The molecule has 3 heterocycles. The summed E-state index contributed by atoms with van der Waals surface area (Å²) in [6.07, 6.45) is 13.7. The average Bonchev–Trinajstić information content (AvgIpc) is 3.25. The highest BCUT2D eigenvalue weighted by atomic mass is 35.5. The molecule has 1 unspecified atom stereocenters. The van der Waals surface area contributed by atoms with Crippen LogP contribution in [0.2, 0.25) is 5.15 Å². The van der Waals surface area contributed by atoms with Gasteiger partial charge < -0.3 is 9.32 Å². The molecule has 2 aromatic rings. The zero-order valence-electron chi connectivity index (χ0n) is 13.1. The number of anilines is 1. The summed E-state index contributed by atoms with van der Waals surface area (Å²) in [5.41, 5.74) is 1.13. The summed E-state index contributed by atoms with van der Waals surface area (Å²) in [4.78, 5) is 15.6. The van der Waals surface area contributed by atoms with Gasteiger partial charge in [-0.1, -0.05) is 30.9 Å². The molecule has 23 heavy (non-hydrogen) atoms. The van der Waals surface area contributed by atoms with E-state index in [0.29, 0.717) is 11.1 Å². The maximum atomic E-state index is 5.98. The molecule has 0 spiro atoms. The lowest BCUT2D eigenvalue weighted by atomic mass is 9.87. The zero-order valence-corrected chi connectivity index (χ0v) is 13.9. The van der Waals surface area contributed by atoms with Gasteiger partial charge in [0.15, 0.2) is 0 Å². The van der Waals surface area contributed by atoms with Gasteiger partial charge in [0.25, 0.3) is 0 Å². The first-order valence-electron chi connectivity index (χ1n) is 8.51. The van der Waals surface area contributed by atoms with Crippen molar-refractivity contribution in [3.8, 4) is 0 Å². The normalized spacial score (nSPS) is 22.7. The number of rotatable bonds is 3. The first-order valence-corrected chi connectivity index (χ1v) is 8.88. The molecule has 5 nitrogen and oxygen atoms in total. The monoisotopic (exact) mass is 332 g/mol. The summed E-state index contributed by atoms with van der Waals surface area (Å²) >= 11 is 5.98. The minimum Gasteiger partial charge on any atom is -0.446 e. The third-order valence-corrected chi connectivity index (χ3v) is 5.17. The molecular weight excluding hydrogens is 312 g/mol. The summed E-state index contributed by atoms with van der Waals surface area (Å²) in [6, 6.07) is 0.139.